The minimum absolute atomic E-state index is 0.953. The van der Waals surface area contributed by atoms with E-state index in [0.717, 1.165) is 39.5 Å². The van der Waals surface area contributed by atoms with Crippen molar-refractivity contribution in [1.29, 1.82) is 0 Å². The largest absolute Gasteiger partial charge is 0.309 e. The lowest BCUT2D eigenvalue weighted by molar-refractivity contribution is 0.892. The van der Waals surface area contributed by atoms with Crippen LogP contribution in [0.5, 0.6) is 0 Å². The molecule has 10 rings (SSSR count). The molecule has 0 atom stereocenters. The van der Waals surface area contributed by atoms with Gasteiger partial charge < -0.3 is 4.57 Å². The van der Waals surface area contributed by atoms with Crippen LogP contribution >= 0.6 is 0 Å². The number of nitrogens with zero attached hydrogens (tertiary/aromatic N) is 3. The zero-order valence-corrected chi connectivity index (χ0v) is 31.4. The molecule has 0 aliphatic rings. The molecule has 0 unspecified atom stereocenters. The highest BCUT2D eigenvalue weighted by Gasteiger charge is 2.18. The summed E-state index contributed by atoms with van der Waals surface area (Å²) >= 11 is 0. The lowest BCUT2D eigenvalue weighted by Gasteiger charge is -2.16. The van der Waals surface area contributed by atoms with E-state index in [1.165, 1.54) is 60.8 Å². The summed E-state index contributed by atoms with van der Waals surface area (Å²) in [6, 6.07) is 72.2. The zero-order chi connectivity index (χ0) is 37.6. The highest BCUT2D eigenvalue weighted by atomic mass is 15.3. The van der Waals surface area contributed by atoms with Gasteiger partial charge in [0.2, 0.25) is 0 Å². The van der Waals surface area contributed by atoms with Gasteiger partial charge in [0, 0.05) is 27.6 Å². The van der Waals surface area contributed by atoms with Gasteiger partial charge in [-0.25, -0.2) is 4.68 Å². The molecule has 0 saturated carbocycles. The quantitative estimate of drug-likeness (QED) is 0.161. The molecule has 0 spiro atoms. The lowest BCUT2D eigenvalue weighted by Crippen LogP contribution is -1.99. The van der Waals surface area contributed by atoms with Gasteiger partial charge in [0.05, 0.1) is 28.1 Å². The van der Waals surface area contributed by atoms with Crippen molar-refractivity contribution in [2.75, 3.05) is 0 Å². The summed E-state index contributed by atoms with van der Waals surface area (Å²) in [5.41, 5.74) is 18.5. The third-order valence-electron chi connectivity index (χ3n) is 11.0. The average Bonchev–Trinajstić information content (AvgIpc) is 3.85. The minimum atomic E-state index is 0.953. The number of para-hydroxylation sites is 2. The smallest absolute Gasteiger partial charge is 0.0934 e. The maximum atomic E-state index is 5.17. The maximum absolute atomic E-state index is 5.17. The van der Waals surface area contributed by atoms with E-state index in [1.54, 1.807) is 0 Å². The Morgan fingerprint density at radius 2 is 0.875 bits per heavy atom. The SMILES string of the molecule is Cc1ccc(-c2cc(-c3ccc(C)cc3)n(-c3ccc(-c4ccccc4-c4ccccc4-c4ccc5c(c4)c4ccccc4n5-c4ccccc4)cc3)n2)cc1. The van der Waals surface area contributed by atoms with Crippen LogP contribution in [0, 0.1) is 13.8 Å². The normalized spacial score (nSPS) is 11.4. The maximum Gasteiger partial charge on any atom is 0.0934 e. The number of aryl methyl sites for hydroxylation is 2. The number of hydrogen-bond donors (Lipinski definition) is 0. The molecule has 0 bridgehead atoms. The van der Waals surface area contributed by atoms with Gasteiger partial charge in [-0.1, -0.05) is 163 Å². The van der Waals surface area contributed by atoms with Crippen LogP contribution in [0.15, 0.2) is 200 Å². The third kappa shape index (κ3) is 5.91. The van der Waals surface area contributed by atoms with Crippen molar-refractivity contribution in [2.24, 2.45) is 0 Å². The second kappa shape index (κ2) is 13.9. The van der Waals surface area contributed by atoms with Crippen LogP contribution < -0.4 is 0 Å². The summed E-state index contributed by atoms with van der Waals surface area (Å²) in [4.78, 5) is 0. The molecule has 10 aromatic rings. The number of benzene rings is 8. The van der Waals surface area contributed by atoms with Crippen LogP contribution in [-0.2, 0) is 0 Å². The molecule has 2 heterocycles. The molecule has 0 N–H and O–H groups in total. The first-order chi connectivity index (χ1) is 27.6. The van der Waals surface area contributed by atoms with Crippen LogP contribution in [0.3, 0.4) is 0 Å². The molecule has 3 heteroatoms. The number of hydrogen-bond acceptors (Lipinski definition) is 1. The van der Waals surface area contributed by atoms with Crippen LogP contribution in [0.1, 0.15) is 11.1 Å². The molecule has 0 fully saturated rings. The monoisotopic (exact) mass is 717 g/mol. The van der Waals surface area contributed by atoms with Crippen LogP contribution in [0.4, 0.5) is 0 Å². The van der Waals surface area contributed by atoms with Crippen molar-refractivity contribution >= 4 is 21.8 Å². The Kier molecular flexibility index (Phi) is 8.26. The zero-order valence-electron chi connectivity index (χ0n) is 31.4. The summed E-state index contributed by atoms with van der Waals surface area (Å²) in [6.45, 7) is 4.24. The highest BCUT2D eigenvalue weighted by Crippen LogP contribution is 2.41. The fourth-order valence-electron chi connectivity index (χ4n) is 8.09. The van der Waals surface area contributed by atoms with E-state index in [4.69, 9.17) is 5.10 Å². The summed E-state index contributed by atoms with van der Waals surface area (Å²) < 4.78 is 4.45. The van der Waals surface area contributed by atoms with Crippen molar-refractivity contribution < 1.29 is 0 Å². The Balaban J connectivity index is 1.05. The van der Waals surface area contributed by atoms with E-state index < -0.39 is 0 Å². The highest BCUT2D eigenvalue weighted by molar-refractivity contribution is 6.11. The first kappa shape index (κ1) is 33.3. The predicted octanol–water partition coefficient (Wildman–Crippen LogP) is 13.9. The van der Waals surface area contributed by atoms with Crippen LogP contribution in [-0.4, -0.2) is 14.3 Å². The predicted molar refractivity (Wildman–Crippen MR) is 235 cm³/mol. The molecule has 8 aromatic carbocycles. The molecular weight excluding hydrogens is 679 g/mol. The topological polar surface area (TPSA) is 22.8 Å². The summed E-state index contributed by atoms with van der Waals surface area (Å²) in [5, 5.41) is 7.66. The van der Waals surface area contributed by atoms with E-state index in [0.29, 0.717) is 0 Å². The molecule has 0 saturated heterocycles. The van der Waals surface area contributed by atoms with Crippen molar-refractivity contribution in [3.63, 3.8) is 0 Å². The van der Waals surface area contributed by atoms with E-state index in [1.807, 2.05) is 0 Å². The van der Waals surface area contributed by atoms with Crippen molar-refractivity contribution in [1.82, 2.24) is 14.3 Å². The minimum Gasteiger partial charge on any atom is -0.309 e. The Morgan fingerprint density at radius 3 is 1.55 bits per heavy atom. The van der Waals surface area contributed by atoms with E-state index in [-0.39, 0.29) is 0 Å². The first-order valence-corrected chi connectivity index (χ1v) is 19.2. The van der Waals surface area contributed by atoms with Gasteiger partial charge in [0.15, 0.2) is 0 Å². The Hall–Kier alpha value is -7.23. The van der Waals surface area contributed by atoms with E-state index >= 15 is 0 Å². The summed E-state index contributed by atoms with van der Waals surface area (Å²) in [5.74, 6) is 0. The van der Waals surface area contributed by atoms with Crippen molar-refractivity contribution in [3.05, 3.63) is 211 Å². The second-order valence-corrected chi connectivity index (χ2v) is 14.6. The molecule has 0 amide bonds. The number of rotatable bonds is 7. The molecular formula is C53H39N3. The number of aromatic nitrogens is 3. The van der Waals surface area contributed by atoms with Crippen molar-refractivity contribution in [3.8, 4) is 67.3 Å². The summed E-state index contributed by atoms with van der Waals surface area (Å²) in [6.07, 6.45) is 0. The fraction of sp³-hybridized carbons (Fsp3) is 0.0377. The van der Waals surface area contributed by atoms with Gasteiger partial charge >= 0.3 is 0 Å². The Morgan fingerprint density at radius 1 is 0.357 bits per heavy atom. The van der Waals surface area contributed by atoms with Gasteiger partial charge in [-0.05, 0) is 95.8 Å². The van der Waals surface area contributed by atoms with Gasteiger partial charge in [0.1, 0.15) is 0 Å². The first-order valence-electron chi connectivity index (χ1n) is 19.2. The molecule has 266 valence electrons. The van der Waals surface area contributed by atoms with Crippen molar-refractivity contribution in [2.45, 2.75) is 13.8 Å². The van der Waals surface area contributed by atoms with Gasteiger partial charge in [-0.2, -0.15) is 5.10 Å². The van der Waals surface area contributed by atoms with Gasteiger partial charge in [0.25, 0.3) is 0 Å². The molecule has 0 aliphatic carbocycles. The standard InChI is InChI=1S/C53H39N3/c1-36-20-24-39(25-21-36)50-35-53(40-26-22-37(2)23-27-40)56(54-50)43-31-28-38(29-32-43)44-14-6-8-16-46(44)47-17-9-7-15-45(47)41-30-33-52-49(34-41)48-18-10-11-19-51(48)55(52)42-12-4-3-5-13-42/h3-35H,1-2H3. The van der Waals surface area contributed by atoms with E-state index in [2.05, 4.69) is 223 Å². The third-order valence-corrected chi connectivity index (χ3v) is 11.0. The van der Waals surface area contributed by atoms with Gasteiger partial charge in [-0.3, -0.25) is 0 Å². The number of fused-ring (bicyclic) bond motifs is 3. The molecule has 0 aliphatic heterocycles. The molecule has 3 nitrogen and oxygen atoms in total. The van der Waals surface area contributed by atoms with Crippen LogP contribution in [0.2, 0.25) is 0 Å². The van der Waals surface area contributed by atoms with Gasteiger partial charge in [-0.15, -0.1) is 0 Å². The lowest BCUT2D eigenvalue weighted by atomic mass is 9.89. The molecule has 2 aromatic heterocycles. The molecule has 56 heavy (non-hydrogen) atoms. The Labute approximate surface area is 327 Å². The average molecular weight is 718 g/mol. The molecule has 0 radical (unpaired) electrons. The van der Waals surface area contributed by atoms with E-state index in [9.17, 15) is 0 Å². The second-order valence-electron chi connectivity index (χ2n) is 14.6. The fourth-order valence-corrected chi connectivity index (χ4v) is 8.09. The Bertz CT molecular complexity index is 3000. The van der Waals surface area contributed by atoms with Crippen LogP contribution in [0.25, 0.3) is 89.1 Å². The summed E-state index contributed by atoms with van der Waals surface area (Å²) in [7, 11) is 0.